The number of aromatic nitrogens is 3. The summed E-state index contributed by atoms with van der Waals surface area (Å²) in [5.41, 5.74) is 1.59. The Balaban J connectivity index is 1.71. The number of nitrogens with one attached hydrogen (secondary N) is 1. The molecular formula is C18H17ClN4OS. The average Bonchev–Trinajstić information content (AvgIpc) is 2.98. The van der Waals surface area contributed by atoms with Crippen molar-refractivity contribution in [2.75, 3.05) is 5.32 Å². The second-order valence-electron chi connectivity index (χ2n) is 5.46. The molecular weight excluding hydrogens is 356 g/mol. The lowest BCUT2D eigenvalue weighted by Gasteiger charge is -2.12. The molecule has 7 heteroatoms. The molecule has 3 aromatic rings. The average molecular weight is 373 g/mol. The van der Waals surface area contributed by atoms with Gasteiger partial charge in [-0.05, 0) is 19.1 Å². The van der Waals surface area contributed by atoms with Gasteiger partial charge in [0, 0.05) is 12.6 Å². The van der Waals surface area contributed by atoms with Crippen molar-refractivity contribution in [2.45, 2.75) is 17.3 Å². The van der Waals surface area contributed by atoms with Crippen LogP contribution in [0, 0.1) is 0 Å². The van der Waals surface area contributed by atoms with E-state index >= 15 is 0 Å². The Kier molecular flexibility index (Phi) is 5.40. The number of benzene rings is 2. The molecule has 128 valence electrons. The molecule has 1 heterocycles. The molecule has 5 nitrogen and oxygen atoms in total. The van der Waals surface area contributed by atoms with Crippen molar-refractivity contribution >= 4 is 35.0 Å². The predicted octanol–water partition coefficient (Wildman–Crippen LogP) is 4.25. The van der Waals surface area contributed by atoms with E-state index in [0.717, 1.165) is 11.4 Å². The van der Waals surface area contributed by atoms with Crippen LogP contribution in [0.5, 0.6) is 0 Å². The van der Waals surface area contributed by atoms with Crippen LogP contribution < -0.4 is 5.32 Å². The van der Waals surface area contributed by atoms with Crippen molar-refractivity contribution < 1.29 is 4.79 Å². The van der Waals surface area contributed by atoms with E-state index in [-0.39, 0.29) is 11.2 Å². The molecule has 0 unspecified atom stereocenters. The summed E-state index contributed by atoms with van der Waals surface area (Å²) in [6, 6.07) is 17.0. The van der Waals surface area contributed by atoms with Gasteiger partial charge in [-0.1, -0.05) is 65.8 Å². The fraction of sp³-hybridized carbons (Fsp3) is 0.167. The summed E-state index contributed by atoms with van der Waals surface area (Å²) in [5, 5.41) is 12.1. The number of carbonyl (C=O) groups is 1. The molecule has 3 rings (SSSR count). The Morgan fingerprint density at radius 2 is 1.80 bits per heavy atom. The van der Waals surface area contributed by atoms with E-state index in [0.29, 0.717) is 15.9 Å². The number of anilines is 1. The lowest BCUT2D eigenvalue weighted by atomic mass is 10.2. The number of nitrogens with zero attached hydrogens (tertiary/aromatic N) is 3. The molecule has 0 radical (unpaired) electrons. The molecule has 0 bridgehead atoms. The molecule has 0 spiro atoms. The largest absolute Gasteiger partial charge is 0.324 e. The van der Waals surface area contributed by atoms with Gasteiger partial charge in [0.15, 0.2) is 11.0 Å². The van der Waals surface area contributed by atoms with Crippen molar-refractivity contribution in [1.29, 1.82) is 0 Å². The standard InChI is InChI=1S/C18H17ClN4OS/c1-12(17(24)20-15-11-7-6-10-14(15)19)25-18-22-21-16(23(18)2)13-8-4-3-5-9-13/h3-12H,1-2H3,(H,20,24)/t12-/m1/s1. The third-order valence-electron chi connectivity index (χ3n) is 3.65. The van der Waals surface area contributed by atoms with E-state index < -0.39 is 0 Å². The van der Waals surface area contributed by atoms with Crippen molar-refractivity contribution in [3.63, 3.8) is 0 Å². The first-order valence-electron chi connectivity index (χ1n) is 7.73. The summed E-state index contributed by atoms with van der Waals surface area (Å²) in [6.07, 6.45) is 0. The van der Waals surface area contributed by atoms with Crippen LogP contribution in [0.3, 0.4) is 0 Å². The fourth-order valence-corrected chi connectivity index (χ4v) is 3.26. The summed E-state index contributed by atoms with van der Waals surface area (Å²) < 4.78 is 1.89. The normalized spacial score (nSPS) is 12.0. The van der Waals surface area contributed by atoms with Crippen LogP contribution in [0.2, 0.25) is 5.02 Å². The molecule has 2 aromatic carbocycles. The maximum atomic E-state index is 12.4. The van der Waals surface area contributed by atoms with Crippen LogP contribution in [0.15, 0.2) is 59.8 Å². The lowest BCUT2D eigenvalue weighted by Crippen LogP contribution is -2.23. The van der Waals surface area contributed by atoms with Crippen LogP contribution in [-0.4, -0.2) is 25.9 Å². The lowest BCUT2D eigenvalue weighted by molar-refractivity contribution is -0.115. The van der Waals surface area contributed by atoms with Gasteiger partial charge in [0.1, 0.15) is 0 Å². The molecule has 1 atom stereocenters. The summed E-state index contributed by atoms with van der Waals surface area (Å²) in [7, 11) is 1.89. The van der Waals surface area contributed by atoms with E-state index in [4.69, 9.17) is 11.6 Å². The zero-order valence-electron chi connectivity index (χ0n) is 13.8. The maximum absolute atomic E-state index is 12.4. The number of amides is 1. The van der Waals surface area contributed by atoms with Crippen molar-refractivity contribution in [2.24, 2.45) is 7.05 Å². The molecule has 0 aliphatic heterocycles. The monoisotopic (exact) mass is 372 g/mol. The molecule has 0 saturated carbocycles. The Morgan fingerprint density at radius 1 is 1.12 bits per heavy atom. The molecule has 1 amide bonds. The maximum Gasteiger partial charge on any atom is 0.237 e. The second kappa shape index (κ2) is 7.72. The van der Waals surface area contributed by atoms with Crippen molar-refractivity contribution in [1.82, 2.24) is 14.8 Å². The number of hydrogen-bond acceptors (Lipinski definition) is 4. The summed E-state index contributed by atoms with van der Waals surface area (Å²) >= 11 is 7.43. The van der Waals surface area contributed by atoms with Gasteiger partial charge in [0.2, 0.25) is 5.91 Å². The van der Waals surface area contributed by atoms with E-state index in [2.05, 4.69) is 15.5 Å². The highest BCUT2D eigenvalue weighted by molar-refractivity contribution is 8.00. The Bertz CT molecular complexity index is 882. The van der Waals surface area contributed by atoms with Crippen molar-refractivity contribution in [3.05, 3.63) is 59.6 Å². The second-order valence-corrected chi connectivity index (χ2v) is 7.18. The summed E-state index contributed by atoms with van der Waals surface area (Å²) in [5.74, 6) is 0.629. The summed E-state index contributed by atoms with van der Waals surface area (Å²) in [6.45, 7) is 1.83. The van der Waals surface area contributed by atoms with Gasteiger partial charge in [-0.3, -0.25) is 4.79 Å². The third kappa shape index (κ3) is 4.03. The molecule has 0 aliphatic carbocycles. The third-order valence-corrected chi connectivity index (χ3v) is 5.11. The van der Waals surface area contributed by atoms with E-state index in [1.807, 2.05) is 61.0 Å². The first kappa shape index (κ1) is 17.5. The highest BCUT2D eigenvalue weighted by atomic mass is 35.5. The van der Waals surface area contributed by atoms with Crippen molar-refractivity contribution in [3.8, 4) is 11.4 Å². The van der Waals surface area contributed by atoms with Gasteiger partial charge < -0.3 is 9.88 Å². The molecule has 0 saturated heterocycles. The first-order valence-corrected chi connectivity index (χ1v) is 8.99. The van der Waals surface area contributed by atoms with Crippen LogP contribution in [0.4, 0.5) is 5.69 Å². The van der Waals surface area contributed by atoms with E-state index in [9.17, 15) is 4.79 Å². The highest BCUT2D eigenvalue weighted by Crippen LogP contribution is 2.27. The number of para-hydroxylation sites is 1. The minimum atomic E-state index is -0.345. The highest BCUT2D eigenvalue weighted by Gasteiger charge is 2.20. The molecule has 0 fully saturated rings. The van der Waals surface area contributed by atoms with Gasteiger partial charge in [0.05, 0.1) is 16.0 Å². The van der Waals surface area contributed by atoms with Crippen LogP contribution in [0.25, 0.3) is 11.4 Å². The smallest absolute Gasteiger partial charge is 0.237 e. The SMILES string of the molecule is C[C@@H](Sc1nnc(-c2ccccc2)n1C)C(=O)Nc1ccccc1Cl. The van der Waals surface area contributed by atoms with Gasteiger partial charge in [0.25, 0.3) is 0 Å². The molecule has 25 heavy (non-hydrogen) atoms. The molecule has 0 aliphatic rings. The number of halogens is 1. The van der Waals surface area contributed by atoms with E-state index in [1.54, 1.807) is 12.1 Å². The predicted molar refractivity (Wildman–Crippen MR) is 102 cm³/mol. The molecule has 1 N–H and O–H groups in total. The Labute approximate surface area is 155 Å². The zero-order chi connectivity index (χ0) is 17.8. The minimum Gasteiger partial charge on any atom is -0.324 e. The Morgan fingerprint density at radius 3 is 2.52 bits per heavy atom. The number of carbonyl (C=O) groups excluding carboxylic acids is 1. The van der Waals surface area contributed by atoms with Crippen LogP contribution in [0.1, 0.15) is 6.92 Å². The Hall–Kier alpha value is -2.31. The molecule has 1 aromatic heterocycles. The number of hydrogen-bond donors (Lipinski definition) is 1. The topological polar surface area (TPSA) is 59.8 Å². The van der Waals surface area contributed by atoms with Gasteiger partial charge in [-0.2, -0.15) is 0 Å². The number of thioether (sulfide) groups is 1. The minimum absolute atomic E-state index is 0.137. The van der Waals surface area contributed by atoms with E-state index in [1.165, 1.54) is 11.8 Å². The van der Waals surface area contributed by atoms with Gasteiger partial charge >= 0.3 is 0 Å². The summed E-state index contributed by atoms with van der Waals surface area (Å²) in [4.78, 5) is 12.4. The zero-order valence-corrected chi connectivity index (χ0v) is 15.4. The fourth-order valence-electron chi connectivity index (χ4n) is 2.26. The first-order chi connectivity index (χ1) is 12.1. The number of rotatable bonds is 5. The van der Waals surface area contributed by atoms with Gasteiger partial charge in [-0.15, -0.1) is 10.2 Å². The van der Waals surface area contributed by atoms with Crippen LogP contribution >= 0.6 is 23.4 Å². The van der Waals surface area contributed by atoms with Gasteiger partial charge in [-0.25, -0.2) is 0 Å². The quantitative estimate of drug-likeness (QED) is 0.680. The van der Waals surface area contributed by atoms with Crippen LogP contribution in [-0.2, 0) is 11.8 Å².